The molecule has 0 unspecified atom stereocenters. The van der Waals surface area contributed by atoms with Crippen molar-refractivity contribution in [3.8, 4) is 44.8 Å². The predicted molar refractivity (Wildman–Crippen MR) is 230 cm³/mol. The van der Waals surface area contributed by atoms with Gasteiger partial charge in [-0.25, -0.2) is 4.98 Å². The summed E-state index contributed by atoms with van der Waals surface area (Å²) in [4.78, 5) is 7.16. The van der Waals surface area contributed by atoms with Gasteiger partial charge < -0.3 is 13.7 Å². The molecule has 0 fully saturated rings. The third kappa shape index (κ3) is 5.10. The van der Waals surface area contributed by atoms with Gasteiger partial charge in [0.05, 0.1) is 0 Å². The Morgan fingerprint density at radius 2 is 1.04 bits per heavy atom. The van der Waals surface area contributed by atoms with Gasteiger partial charge in [-0.1, -0.05) is 129 Å². The molecule has 1 aliphatic rings. The molecule has 0 spiro atoms. The van der Waals surface area contributed by atoms with Crippen LogP contribution in [0, 0.1) is 0 Å². The zero-order valence-corrected chi connectivity index (χ0v) is 31.0. The molecule has 8 aromatic carbocycles. The monoisotopic (exact) mass is 720 g/mol. The van der Waals surface area contributed by atoms with Crippen molar-refractivity contribution in [2.24, 2.45) is 0 Å². The number of hydrogen-bond acceptors (Lipinski definition) is 4. The van der Waals surface area contributed by atoms with Crippen LogP contribution in [0.4, 0.5) is 17.1 Å². The molecule has 0 bridgehead atoms. The number of anilines is 3. The van der Waals surface area contributed by atoms with E-state index in [1.54, 1.807) is 0 Å². The van der Waals surface area contributed by atoms with E-state index in [9.17, 15) is 0 Å². The van der Waals surface area contributed by atoms with Crippen molar-refractivity contribution in [1.82, 2.24) is 4.98 Å². The van der Waals surface area contributed by atoms with Crippen LogP contribution in [0.25, 0.3) is 77.9 Å². The van der Waals surface area contributed by atoms with Gasteiger partial charge in [0.25, 0.3) is 0 Å². The van der Waals surface area contributed by atoms with Gasteiger partial charge in [-0.2, -0.15) is 0 Å². The molecule has 1 aliphatic carbocycles. The average molecular weight is 721 g/mol. The van der Waals surface area contributed by atoms with Gasteiger partial charge >= 0.3 is 0 Å². The summed E-state index contributed by atoms with van der Waals surface area (Å²) in [5.41, 5.74) is 17.2. The summed E-state index contributed by atoms with van der Waals surface area (Å²) in [6, 6.07) is 64.5. The Morgan fingerprint density at radius 1 is 0.429 bits per heavy atom. The van der Waals surface area contributed by atoms with Crippen molar-refractivity contribution >= 4 is 50.1 Å². The molecule has 4 nitrogen and oxygen atoms in total. The maximum atomic E-state index is 6.44. The van der Waals surface area contributed by atoms with E-state index in [-0.39, 0.29) is 5.41 Å². The molecule has 2 aromatic heterocycles. The minimum atomic E-state index is -0.110. The highest BCUT2D eigenvalue weighted by Gasteiger charge is 2.35. The number of nitrogens with zero attached hydrogens (tertiary/aromatic N) is 2. The molecule has 0 N–H and O–H groups in total. The lowest BCUT2D eigenvalue weighted by atomic mass is 9.82. The molecular weight excluding hydrogens is 685 g/mol. The van der Waals surface area contributed by atoms with Gasteiger partial charge in [-0.3, -0.25) is 0 Å². The molecule has 0 saturated carbocycles. The fourth-order valence-electron chi connectivity index (χ4n) is 8.69. The second kappa shape index (κ2) is 12.4. The lowest BCUT2D eigenvalue weighted by molar-refractivity contribution is 0.620. The quantitative estimate of drug-likeness (QED) is 0.171. The Bertz CT molecular complexity index is 3080. The highest BCUT2D eigenvalue weighted by Crippen LogP contribution is 2.51. The Labute approximate surface area is 324 Å². The Morgan fingerprint density at radius 3 is 1.79 bits per heavy atom. The van der Waals surface area contributed by atoms with Gasteiger partial charge in [-0.15, -0.1) is 0 Å². The van der Waals surface area contributed by atoms with Crippen molar-refractivity contribution in [1.29, 1.82) is 0 Å². The summed E-state index contributed by atoms with van der Waals surface area (Å²) < 4.78 is 12.7. The first kappa shape index (κ1) is 32.3. The lowest BCUT2D eigenvalue weighted by Gasteiger charge is -2.28. The summed E-state index contributed by atoms with van der Waals surface area (Å²) in [7, 11) is 0. The van der Waals surface area contributed by atoms with E-state index in [0.717, 1.165) is 66.8 Å². The number of benzene rings is 8. The first-order chi connectivity index (χ1) is 27.5. The Hall–Kier alpha value is -7.17. The molecule has 0 saturated heterocycles. The zero-order chi connectivity index (χ0) is 37.4. The molecular formula is C52H36N2O2. The average Bonchev–Trinajstić information content (AvgIpc) is 3.91. The Kier molecular flexibility index (Phi) is 7.17. The minimum Gasteiger partial charge on any atom is -0.456 e. The molecule has 0 amide bonds. The molecule has 0 radical (unpaired) electrons. The number of rotatable bonds is 6. The molecule has 56 heavy (non-hydrogen) atoms. The molecule has 0 atom stereocenters. The summed E-state index contributed by atoms with van der Waals surface area (Å²) >= 11 is 0. The van der Waals surface area contributed by atoms with Crippen LogP contribution in [0.1, 0.15) is 25.0 Å². The molecule has 0 aliphatic heterocycles. The number of oxazole rings is 1. The second-order valence-corrected chi connectivity index (χ2v) is 15.2. The SMILES string of the molecule is CC1(C)c2ccccc2-c2ccc(N(c3ccc(-c4ccccc4)cc3)c3ccc(-c4cccc5oc6cc7nc(-c8ccccc8)oc7cc6c45)cc3)cc21. The van der Waals surface area contributed by atoms with Gasteiger partial charge in [0.1, 0.15) is 16.7 Å². The summed E-state index contributed by atoms with van der Waals surface area (Å²) in [6.45, 7) is 4.68. The van der Waals surface area contributed by atoms with Crippen LogP contribution in [-0.4, -0.2) is 4.98 Å². The maximum absolute atomic E-state index is 6.44. The highest BCUT2D eigenvalue weighted by atomic mass is 16.4. The van der Waals surface area contributed by atoms with E-state index in [1.165, 1.54) is 33.4 Å². The fourth-order valence-corrected chi connectivity index (χ4v) is 8.69. The van der Waals surface area contributed by atoms with E-state index in [1.807, 2.05) is 42.5 Å². The topological polar surface area (TPSA) is 42.4 Å². The number of fused-ring (bicyclic) bond motifs is 7. The maximum Gasteiger partial charge on any atom is 0.227 e. The summed E-state index contributed by atoms with van der Waals surface area (Å²) in [5.74, 6) is 0.601. The second-order valence-electron chi connectivity index (χ2n) is 15.2. The van der Waals surface area contributed by atoms with Crippen LogP contribution in [0.5, 0.6) is 0 Å². The van der Waals surface area contributed by atoms with Gasteiger partial charge in [0.2, 0.25) is 5.89 Å². The first-order valence-corrected chi connectivity index (χ1v) is 19.1. The van der Waals surface area contributed by atoms with E-state index in [4.69, 9.17) is 13.8 Å². The van der Waals surface area contributed by atoms with Crippen LogP contribution in [0.15, 0.2) is 191 Å². The van der Waals surface area contributed by atoms with Crippen molar-refractivity contribution in [3.63, 3.8) is 0 Å². The number of aromatic nitrogens is 1. The van der Waals surface area contributed by atoms with Crippen molar-refractivity contribution < 1.29 is 8.83 Å². The van der Waals surface area contributed by atoms with Crippen LogP contribution in [0.2, 0.25) is 0 Å². The molecule has 266 valence electrons. The van der Waals surface area contributed by atoms with E-state index in [0.29, 0.717) is 5.89 Å². The smallest absolute Gasteiger partial charge is 0.227 e. The predicted octanol–water partition coefficient (Wildman–Crippen LogP) is 14.5. The molecule has 10 aromatic rings. The third-order valence-corrected chi connectivity index (χ3v) is 11.5. The summed E-state index contributed by atoms with van der Waals surface area (Å²) in [6.07, 6.45) is 0. The van der Waals surface area contributed by atoms with Gasteiger partial charge in [0.15, 0.2) is 5.58 Å². The Balaban J connectivity index is 1.02. The van der Waals surface area contributed by atoms with Gasteiger partial charge in [0, 0.05) is 44.9 Å². The molecule has 11 rings (SSSR count). The van der Waals surface area contributed by atoms with E-state index in [2.05, 4.69) is 158 Å². The highest BCUT2D eigenvalue weighted by molar-refractivity contribution is 6.15. The van der Waals surface area contributed by atoms with Crippen molar-refractivity contribution in [3.05, 3.63) is 193 Å². The van der Waals surface area contributed by atoms with Crippen LogP contribution < -0.4 is 4.90 Å². The largest absolute Gasteiger partial charge is 0.456 e. The lowest BCUT2D eigenvalue weighted by Crippen LogP contribution is -2.16. The van der Waals surface area contributed by atoms with Crippen LogP contribution >= 0.6 is 0 Å². The van der Waals surface area contributed by atoms with Crippen molar-refractivity contribution in [2.75, 3.05) is 4.90 Å². The summed E-state index contributed by atoms with van der Waals surface area (Å²) in [5, 5.41) is 2.06. The van der Waals surface area contributed by atoms with Crippen molar-refractivity contribution in [2.45, 2.75) is 19.3 Å². The minimum absolute atomic E-state index is 0.110. The zero-order valence-electron chi connectivity index (χ0n) is 31.0. The number of furan rings is 1. The van der Waals surface area contributed by atoms with E-state index < -0.39 is 0 Å². The standard InChI is InChI=1S/C52H36N2O2/c1-52(2)44-18-10-9-16-41(44)42-29-28-39(30-45(42)52)54(37-24-20-34(21-25-37)33-12-5-3-6-13-33)38-26-22-35(23-27-38)40-17-11-19-47-50(40)43-31-49-46(32-48(43)55-47)53-51(56-49)36-14-7-4-8-15-36/h3-32H,1-2H3. The molecule has 4 heteroatoms. The fraction of sp³-hybridized carbons (Fsp3) is 0.0577. The third-order valence-electron chi connectivity index (χ3n) is 11.5. The van der Waals surface area contributed by atoms with Crippen LogP contribution in [0.3, 0.4) is 0 Å². The number of hydrogen-bond donors (Lipinski definition) is 0. The van der Waals surface area contributed by atoms with Gasteiger partial charge in [-0.05, 0) is 105 Å². The normalized spacial score (nSPS) is 13.0. The van der Waals surface area contributed by atoms with Crippen LogP contribution in [-0.2, 0) is 5.41 Å². The first-order valence-electron chi connectivity index (χ1n) is 19.1. The molecule has 2 heterocycles. The van der Waals surface area contributed by atoms with E-state index >= 15 is 0 Å².